The number of nitrogens with zero attached hydrogens (tertiary/aromatic N) is 1. The Kier molecular flexibility index (Phi) is 4.67. The number of thioether (sulfide) groups is 1. The van der Waals surface area contributed by atoms with Crippen LogP contribution in [0.5, 0.6) is 0 Å². The van der Waals surface area contributed by atoms with E-state index >= 15 is 0 Å². The van der Waals surface area contributed by atoms with E-state index in [0.717, 1.165) is 5.75 Å². The van der Waals surface area contributed by atoms with E-state index in [0.29, 0.717) is 28.3 Å². The second kappa shape index (κ2) is 5.68. The van der Waals surface area contributed by atoms with Gasteiger partial charge in [0.1, 0.15) is 0 Å². The van der Waals surface area contributed by atoms with Gasteiger partial charge in [-0.3, -0.25) is 0 Å². The van der Waals surface area contributed by atoms with E-state index in [-0.39, 0.29) is 9.64 Å². The summed E-state index contributed by atoms with van der Waals surface area (Å²) in [5, 5.41) is 0.315. The molecule has 1 saturated heterocycles. The van der Waals surface area contributed by atoms with Gasteiger partial charge in [0.05, 0.1) is 9.37 Å². The van der Waals surface area contributed by atoms with Gasteiger partial charge in [-0.15, -0.1) is 0 Å². The number of nitrogen functional groups attached to an aromatic ring is 1. The molecule has 4 nitrogen and oxygen atoms in total. The van der Waals surface area contributed by atoms with Crippen LogP contribution >= 0.6 is 39.3 Å². The van der Waals surface area contributed by atoms with Crippen LogP contribution in [-0.2, 0) is 10.0 Å². The zero-order chi connectivity index (χ0) is 15.1. The summed E-state index contributed by atoms with van der Waals surface area (Å²) >= 11 is 11.0. The highest BCUT2D eigenvalue weighted by Gasteiger charge is 2.35. The van der Waals surface area contributed by atoms with Crippen molar-refractivity contribution in [2.24, 2.45) is 0 Å². The number of hydrogen-bond donors (Lipinski definition) is 1. The molecule has 0 atom stereocenters. The molecule has 20 heavy (non-hydrogen) atoms. The summed E-state index contributed by atoms with van der Waals surface area (Å²) < 4.78 is 27.3. The Bertz CT molecular complexity index is 635. The molecule has 0 radical (unpaired) electrons. The fourth-order valence-corrected chi connectivity index (χ4v) is 6.25. The molecule has 0 amide bonds. The van der Waals surface area contributed by atoms with E-state index < -0.39 is 10.0 Å². The average Bonchev–Trinajstić information content (AvgIpc) is 2.32. The maximum absolute atomic E-state index is 12.8. The van der Waals surface area contributed by atoms with Crippen molar-refractivity contribution in [1.82, 2.24) is 4.31 Å². The summed E-state index contributed by atoms with van der Waals surface area (Å²) in [6, 6.07) is 2.97. The molecular weight excluding hydrogens is 384 g/mol. The van der Waals surface area contributed by atoms with Gasteiger partial charge in [0.25, 0.3) is 0 Å². The highest BCUT2D eigenvalue weighted by atomic mass is 79.9. The SMILES string of the molecule is CC1(C)CN(S(=O)(=O)c2cc(Cl)cc(N)c2Br)CCS1. The Labute approximate surface area is 137 Å². The third-order valence-corrected chi connectivity index (χ3v) is 7.57. The summed E-state index contributed by atoms with van der Waals surface area (Å²) in [5.41, 5.74) is 6.10. The molecule has 1 heterocycles. The summed E-state index contributed by atoms with van der Waals surface area (Å²) in [7, 11) is -3.60. The minimum atomic E-state index is -3.60. The fraction of sp³-hybridized carbons (Fsp3) is 0.500. The van der Waals surface area contributed by atoms with E-state index in [2.05, 4.69) is 15.9 Å². The Morgan fingerprint density at radius 2 is 2.10 bits per heavy atom. The van der Waals surface area contributed by atoms with Gasteiger partial charge in [0.15, 0.2) is 0 Å². The minimum absolute atomic E-state index is 0.0953. The molecule has 2 rings (SSSR count). The molecule has 1 aliphatic heterocycles. The van der Waals surface area contributed by atoms with Gasteiger partial charge >= 0.3 is 0 Å². The maximum atomic E-state index is 12.8. The van der Waals surface area contributed by atoms with Crippen molar-refractivity contribution in [3.05, 3.63) is 21.6 Å². The predicted octanol–water partition coefficient (Wildman–Crippen LogP) is 3.20. The lowest BCUT2D eigenvalue weighted by molar-refractivity contribution is 0.387. The first-order valence-electron chi connectivity index (χ1n) is 6.02. The molecule has 1 aromatic carbocycles. The maximum Gasteiger partial charge on any atom is 0.244 e. The Hall–Kier alpha value is 0.0500. The lowest BCUT2D eigenvalue weighted by Gasteiger charge is -2.36. The quantitative estimate of drug-likeness (QED) is 0.776. The van der Waals surface area contributed by atoms with Gasteiger partial charge in [-0.2, -0.15) is 16.1 Å². The van der Waals surface area contributed by atoms with E-state index in [1.165, 1.54) is 16.4 Å². The number of hydrogen-bond acceptors (Lipinski definition) is 4. The van der Waals surface area contributed by atoms with E-state index in [1.54, 1.807) is 11.8 Å². The lowest BCUT2D eigenvalue weighted by Crippen LogP contribution is -2.46. The molecule has 1 aromatic rings. The standard InChI is InChI=1S/C12H16BrClN2O2S2/c1-12(2)7-16(3-4-19-12)20(17,18)10-6-8(14)5-9(15)11(10)13/h5-6H,3-4,7,15H2,1-2H3. The predicted molar refractivity (Wildman–Crippen MR) is 88.9 cm³/mol. The number of anilines is 1. The topological polar surface area (TPSA) is 63.4 Å². The average molecular weight is 400 g/mol. The molecule has 112 valence electrons. The van der Waals surface area contributed by atoms with Crippen LogP contribution < -0.4 is 5.73 Å². The number of sulfonamides is 1. The molecule has 0 saturated carbocycles. The highest BCUT2D eigenvalue weighted by Crippen LogP contribution is 2.37. The lowest BCUT2D eigenvalue weighted by atomic mass is 10.2. The van der Waals surface area contributed by atoms with Crippen LogP contribution in [0.3, 0.4) is 0 Å². The third kappa shape index (κ3) is 3.27. The number of benzene rings is 1. The zero-order valence-corrected chi connectivity index (χ0v) is 15.2. The van der Waals surface area contributed by atoms with Gasteiger partial charge in [0, 0.05) is 34.3 Å². The molecule has 1 aliphatic rings. The van der Waals surface area contributed by atoms with Crippen molar-refractivity contribution in [3.63, 3.8) is 0 Å². The molecule has 8 heteroatoms. The first-order chi connectivity index (χ1) is 9.13. The van der Waals surface area contributed by atoms with Crippen molar-refractivity contribution in [2.45, 2.75) is 23.5 Å². The molecule has 0 aliphatic carbocycles. The largest absolute Gasteiger partial charge is 0.398 e. The normalized spacial score (nSPS) is 20.0. The van der Waals surface area contributed by atoms with Crippen molar-refractivity contribution in [2.75, 3.05) is 24.6 Å². The molecule has 0 bridgehead atoms. The number of rotatable bonds is 2. The first kappa shape index (κ1) is 16.4. The molecule has 1 fully saturated rings. The van der Waals surface area contributed by atoms with Crippen LogP contribution in [-0.4, -0.2) is 36.3 Å². The molecular formula is C12H16BrClN2O2S2. The Morgan fingerprint density at radius 3 is 2.70 bits per heavy atom. The second-order valence-electron chi connectivity index (χ2n) is 5.25. The summed E-state index contributed by atoms with van der Waals surface area (Å²) in [6.07, 6.45) is 0. The van der Waals surface area contributed by atoms with Crippen molar-refractivity contribution < 1.29 is 8.42 Å². The van der Waals surface area contributed by atoms with Crippen LogP contribution in [0.25, 0.3) is 0 Å². The highest BCUT2D eigenvalue weighted by molar-refractivity contribution is 9.10. The summed E-state index contributed by atoms with van der Waals surface area (Å²) in [6.45, 7) is 5.05. The van der Waals surface area contributed by atoms with Gasteiger partial charge in [-0.25, -0.2) is 8.42 Å². The van der Waals surface area contributed by atoms with Crippen LogP contribution in [0, 0.1) is 0 Å². The van der Waals surface area contributed by atoms with Crippen molar-refractivity contribution >= 4 is 55.0 Å². The summed E-state index contributed by atoms with van der Waals surface area (Å²) in [5.74, 6) is 0.778. The molecule has 0 aromatic heterocycles. The van der Waals surface area contributed by atoms with Crippen LogP contribution in [0.1, 0.15) is 13.8 Å². The first-order valence-corrected chi connectivity index (χ1v) is 9.62. The molecule has 2 N–H and O–H groups in total. The monoisotopic (exact) mass is 398 g/mol. The van der Waals surface area contributed by atoms with Crippen molar-refractivity contribution in [3.8, 4) is 0 Å². The smallest absolute Gasteiger partial charge is 0.244 e. The van der Waals surface area contributed by atoms with Gasteiger partial charge < -0.3 is 5.73 Å². The zero-order valence-electron chi connectivity index (χ0n) is 11.2. The van der Waals surface area contributed by atoms with Gasteiger partial charge in [-0.05, 0) is 41.9 Å². The van der Waals surface area contributed by atoms with E-state index in [1.807, 2.05) is 13.8 Å². The minimum Gasteiger partial charge on any atom is -0.398 e. The van der Waals surface area contributed by atoms with Gasteiger partial charge in [-0.1, -0.05) is 11.6 Å². The molecule has 0 spiro atoms. The molecule has 0 unspecified atom stereocenters. The third-order valence-electron chi connectivity index (χ3n) is 3.04. The van der Waals surface area contributed by atoms with Crippen LogP contribution in [0.4, 0.5) is 5.69 Å². The Balaban J connectivity index is 2.46. The Morgan fingerprint density at radius 1 is 1.45 bits per heavy atom. The van der Waals surface area contributed by atoms with E-state index in [9.17, 15) is 8.42 Å². The van der Waals surface area contributed by atoms with E-state index in [4.69, 9.17) is 17.3 Å². The summed E-state index contributed by atoms with van der Waals surface area (Å²) in [4.78, 5) is 0.130. The van der Waals surface area contributed by atoms with Crippen LogP contribution in [0.15, 0.2) is 21.5 Å². The van der Waals surface area contributed by atoms with Gasteiger partial charge in [0.2, 0.25) is 10.0 Å². The number of halogens is 2. The van der Waals surface area contributed by atoms with Crippen LogP contribution in [0.2, 0.25) is 5.02 Å². The fourth-order valence-electron chi connectivity index (χ4n) is 2.09. The number of nitrogens with two attached hydrogens (primary N) is 1. The van der Waals surface area contributed by atoms with Crippen molar-refractivity contribution in [1.29, 1.82) is 0 Å². The second-order valence-corrected chi connectivity index (χ2v) is 10.2.